The molecule has 0 unspecified atom stereocenters. The van der Waals surface area contributed by atoms with Crippen molar-refractivity contribution in [1.29, 1.82) is 0 Å². The number of hydrogen-bond acceptors (Lipinski definition) is 2. The lowest BCUT2D eigenvalue weighted by molar-refractivity contribution is 0.0782. The molecule has 2 aromatic rings. The molecule has 0 N–H and O–H groups in total. The van der Waals surface area contributed by atoms with Crippen molar-refractivity contribution in [2.75, 3.05) is 7.05 Å². The Labute approximate surface area is 127 Å². The van der Waals surface area contributed by atoms with Crippen LogP contribution in [0.5, 0.6) is 0 Å². The van der Waals surface area contributed by atoms with Gasteiger partial charge in [0.1, 0.15) is 5.82 Å². The number of amides is 1. The summed E-state index contributed by atoms with van der Waals surface area (Å²) in [4.78, 5) is 14.6. The van der Waals surface area contributed by atoms with Gasteiger partial charge in [-0.2, -0.15) is 0 Å². The second-order valence-electron chi connectivity index (χ2n) is 3.99. The summed E-state index contributed by atoms with van der Waals surface area (Å²) >= 11 is 10.4. The SMILES string of the molecule is CN(Cc1ccc(Cl)s1)C(=O)c1ccc(Br)cc1F. The third-order valence-electron chi connectivity index (χ3n) is 2.53. The summed E-state index contributed by atoms with van der Waals surface area (Å²) in [7, 11) is 1.64. The lowest BCUT2D eigenvalue weighted by Gasteiger charge is -2.16. The molecule has 6 heteroatoms. The summed E-state index contributed by atoms with van der Waals surface area (Å²) in [5.41, 5.74) is 0.0633. The third kappa shape index (κ3) is 3.55. The van der Waals surface area contributed by atoms with Crippen LogP contribution in [0.3, 0.4) is 0 Å². The zero-order valence-electron chi connectivity index (χ0n) is 9.99. The van der Waals surface area contributed by atoms with Crippen molar-refractivity contribution >= 4 is 44.8 Å². The van der Waals surface area contributed by atoms with E-state index in [0.29, 0.717) is 15.4 Å². The van der Waals surface area contributed by atoms with E-state index in [1.165, 1.54) is 28.4 Å². The molecule has 2 rings (SSSR count). The Hall–Kier alpha value is -0.910. The van der Waals surface area contributed by atoms with Gasteiger partial charge >= 0.3 is 0 Å². The molecule has 0 aliphatic rings. The van der Waals surface area contributed by atoms with Crippen LogP contribution in [0.15, 0.2) is 34.8 Å². The average Bonchev–Trinajstić information content (AvgIpc) is 2.74. The van der Waals surface area contributed by atoms with E-state index < -0.39 is 5.82 Å². The molecule has 0 bridgehead atoms. The topological polar surface area (TPSA) is 20.3 Å². The number of nitrogens with zero attached hydrogens (tertiary/aromatic N) is 1. The summed E-state index contributed by atoms with van der Waals surface area (Å²) < 4.78 is 15.0. The Balaban J connectivity index is 2.14. The molecule has 0 saturated carbocycles. The normalized spacial score (nSPS) is 10.5. The first-order valence-corrected chi connectivity index (χ1v) is 7.41. The zero-order chi connectivity index (χ0) is 14.0. The first kappa shape index (κ1) is 14.5. The fourth-order valence-electron chi connectivity index (χ4n) is 1.61. The van der Waals surface area contributed by atoms with Crippen LogP contribution in [0.4, 0.5) is 4.39 Å². The Morgan fingerprint density at radius 2 is 2.16 bits per heavy atom. The van der Waals surface area contributed by atoms with Crippen LogP contribution in [0.2, 0.25) is 4.34 Å². The van der Waals surface area contributed by atoms with E-state index in [-0.39, 0.29) is 11.5 Å². The number of halogens is 3. The van der Waals surface area contributed by atoms with E-state index in [1.54, 1.807) is 19.2 Å². The predicted molar refractivity (Wildman–Crippen MR) is 79.2 cm³/mol. The second-order valence-corrected chi connectivity index (χ2v) is 6.71. The molecule has 0 saturated heterocycles. The molecule has 1 heterocycles. The van der Waals surface area contributed by atoms with Crippen LogP contribution in [-0.2, 0) is 6.54 Å². The van der Waals surface area contributed by atoms with E-state index >= 15 is 0 Å². The molecule has 100 valence electrons. The van der Waals surface area contributed by atoms with Crippen LogP contribution in [0.25, 0.3) is 0 Å². The summed E-state index contributed by atoms with van der Waals surface area (Å²) in [6, 6.07) is 8.03. The Bertz CT molecular complexity index is 616. The molecule has 0 fully saturated rings. The minimum absolute atomic E-state index is 0.0633. The maximum Gasteiger partial charge on any atom is 0.256 e. The molecule has 1 amide bonds. The minimum atomic E-state index is -0.532. The maximum atomic E-state index is 13.7. The second kappa shape index (κ2) is 6.03. The van der Waals surface area contributed by atoms with Gasteiger partial charge in [-0.05, 0) is 30.3 Å². The molecule has 0 aliphatic carbocycles. The van der Waals surface area contributed by atoms with Gasteiger partial charge in [-0.25, -0.2) is 4.39 Å². The highest BCUT2D eigenvalue weighted by atomic mass is 79.9. The van der Waals surface area contributed by atoms with Crippen molar-refractivity contribution in [2.24, 2.45) is 0 Å². The fourth-order valence-corrected chi connectivity index (χ4v) is 3.09. The van der Waals surface area contributed by atoms with E-state index in [0.717, 1.165) is 4.88 Å². The van der Waals surface area contributed by atoms with Crippen molar-refractivity contribution < 1.29 is 9.18 Å². The van der Waals surface area contributed by atoms with E-state index in [2.05, 4.69) is 15.9 Å². The van der Waals surface area contributed by atoms with Gasteiger partial charge in [0.2, 0.25) is 0 Å². The van der Waals surface area contributed by atoms with E-state index in [1.807, 2.05) is 6.07 Å². The Morgan fingerprint density at radius 3 is 2.74 bits per heavy atom. The molecule has 1 aromatic heterocycles. The van der Waals surface area contributed by atoms with Gasteiger partial charge in [0.05, 0.1) is 16.4 Å². The lowest BCUT2D eigenvalue weighted by atomic mass is 10.2. The van der Waals surface area contributed by atoms with Gasteiger partial charge in [-0.15, -0.1) is 11.3 Å². The van der Waals surface area contributed by atoms with Crippen molar-refractivity contribution in [3.63, 3.8) is 0 Å². The number of carbonyl (C=O) groups excluding carboxylic acids is 1. The van der Waals surface area contributed by atoms with Crippen LogP contribution < -0.4 is 0 Å². The smallest absolute Gasteiger partial charge is 0.256 e. The van der Waals surface area contributed by atoms with Crippen molar-refractivity contribution in [2.45, 2.75) is 6.54 Å². The number of hydrogen-bond donors (Lipinski definition) is 0. The molecular formula is C13H10BrClFNOS. The molecule has 0 spiro atoms. The van der Waals surface area contributed by atoms with Gasteiger partial charge < -0.3 is 4.90 Å². The summed E-state index contributed by atoms with van der Waals surface area (Å²) in [5.74, 6) is -0.884. The molecule has 0 aliphatic heterocycles. The van der Waals surface area contributed by atoms with E-state index in [9.17, 15) is 9.18 Å². The maximum absolute atomic E-state index is 13.7. The lowest BCUT2D eigenvalue weighted by Crippen LogP contribution is -2.26. The highest BCUT2D eigenvalue weighted by molar-refractivity contribution is 9.10. The van der Waals surface area contributed by atoms with Gasteiger partial charge in [0.25, 0.3) is 5.91 Å². The van der Waals surface area contributed by atoms with Crippen LogP contribution >= 0.6 is 38.9 Å². The van der Waals surface area contributed by atoms with Gasteiger partial charge in [-0.1, -0.05) is 27.5 Å². The molecule has 0 atom stereocenters. The highest BCUT2D eigenvalue weighted by Crippen LogP contribution is 2.23. The number of rotatable bonds is 3. The van der Waals surface area contributed by atoms with Crippen molar-refractivity contribution in [1.82, 2.24) is 4.90 Å². The number of carbonyl (C=O) groups is 1. The Morgan fingerprint density at radius 1 is 1.42 bits per heavy atom. The first-order valence-electron chi connectivity index (χ1n) is 5.42. The van der Waals surface area contributed by atoms with Gasteiger partial charge in [0, 0.05) is 16.4 Å². The average molecular weight is 363 g/mol. The summed E-state index contributed by atoms with van der Waals surface area (Å²) in [6.45, 7) is 0.408. The van der Waals surface area contributed by atoms with Crippen LogP contribution in [-0.4, -0.2) is 17.9 Å². The predicted octanol–water partition coefficient (Wildman–Crippen LogP) is 4.58. The minimum Gasteiger partial charge on any atom is -0.336 e. The molecular weight excluding hydrogens is 353 g/mol. The number of thiophene rings is 1. The molecule has 19 heavy (non-hydrogen) atoms. The molecule has 1 aromatic carbocycles. The van der Waals surface area contributed by atoms with Crippen LogP contribution in [0, 0.1) is 5.82 Å². The molecule has 0 radical (unpaired) electrons. The Kier molecular flexibility index (Phi) is 4.60. The third-order valence-corrected chi connectivity index (χ3v) is 4.24. The highest BCUT2D eigenvalue weighted by Gasteiger charge is 2.17. The number of benzene rings is 1. The fraction of sp³-hybridized carbons (Fsp3) is 0.154. The first-order chi connectivity index (χ1) is 8.97. The summed E-state index contributed by atoms with van der Waals surface area (Å²) in [6.07, 6.45) is 0. The zero-order valence-corrected chi connectivity index (χ0v) is 13.1. The largest absolute Gasteiger partial charge is 0.336 e. The summed E-state index contributed by atoms with van der Waals surface area (Å²) in [5, 5.41) is 0. The van der Waals surface area contributed by atoms with Crippen LogP contribution in [0.1, 0.15) is 15.2 Å². The van der Waals surface area contributed by atoms with Crippen molar-refractivity contribution in [3.05, 3.63) is 55.4 Å². The van der Waals surface area contributed by atoms with E-state index in [4.69, 9.17) is 11.6 Å². The van der Waals surface area contributed by atoms with Crippen molar-refractivity contribution in [3.8, 4) is 0 Å². The standard InChI is InChI=1S/C13H10BrClFNOS/c1-17(7-9-3-5-12(15)19-9)13(18)10-4-2-8(14)6-11(10)16/h2-6H,7H2,1H3. The van der Waals surface area contributed by atoms with Gasteiger partial charge in [0.15, 0.2) is 0 Å². The molecule has 2 nitrogen and oxygen atoms in total. The monoisotopic (exact) mass is 361 g/mol. The quantitative estimate of drug-likeness (QED) is 0.783. The van der Waals surface area contributed by atoms with Gasteiger partial charge in [-0.3, -0.25) is 4.79 Å².